The zero-order valence-electron chi connectivity index (χ0n) is 10.8. The largest absolute Gasteiger partial charge is 0.573 e. The van der Waals surface area contributed by atoms with Gasteiger partial charge in [-0.1, -0.05) is 6.07 Å². The Labute approximate surface area is 117 Å². The predicted octanol–water partition coefficient (Wildman–Crippen LogP) is 2.13. The van der Waals surface area contributed by atoms with E-state index in [4.69, 9.17) is 5.11 Å². The van der Waals surface area contributed by atoms with Crippen molar-refractivity contribution in [2.45, 2.75) is 12.8 Å². The quantitative estimate of drug-likeness (QED) is 0.929. The van der Waals surface area contributed by atoms with Crippen molar-refractivity contribution in [3.63, 3.8) is 0 Å². The SMILES string of the molecule is O=C(O)C1CCN(C(=O)c2cccc(OC(F)(F)F)c2)C1. The van der Waals surface area contributed by atoms with Gasteiger partial charge in [-0.15, -0.1) is 13.2 Å². The van der Waals surface area contributed by atoms with E-state index in [0.717, 1.165) is 12.1 Å². The van der Waals surface area contributed by atoms with E-state index in [1.807, 2.05) is 0 Å². The van der Waals surface area contributed by atoms with Crippen LogP contribution in [0.5, 0.6) is 5.75 Å². The van der Waals surface area contributed by atoms with Crippen LogP contribution < -0.4 is 4.74 Å². The number of alkyl halides is 3. The Morgan fingerprint density at radius 3 is 2.62 bits per heavy atom. The molecule has 1 aromatic rings. The number of carbonyl (C=O) groups is 2. The number of carboxylic acid groups (broad SMARTS) is 1. The predicted molar refractivity (Wildman–Crippen MR) is 64.8 cm³/mol. The van der Waals surface area contributed by atoms with E-state index < -0.39 is 29.9 Å². The second kappa shape index (κ2) is 5.63. The van der Waals surface area contributed by atoms with Gasteiger partial charge in [0.2, 0.25) is 0 Å². The van der Waals surface area contributed by atoms with Crippen LogP contribution in [0.4, 0.5) is 13.2 Å². The lowest BCUT2D eigenvalue weighted by Crippen LogP contribution is -2.30. The average Bonchev–Trinajstić information content (AvgIpc) is 2.85. The van der Waals surface area contributed by atoms with Crippen LogP contribution in [0.15, 0.2) is 24.3 Å². The number of likely N-dealkylation sites (tertiary alicyclic amines) is 1. The standard InChI is InChI=1S/C13H12F3NO4/c14-13(15,16)21-10-3-1-2-8(6-10)11(18)17-5-4-9(7-17)12(19)20/h1-3,6,9H,4-5,7H2,(H,19,20). The Kier molecular flexibility index (Phi) is 4.06. The smallest absolute Gasteiger partial charge is 0.481 e. The van der Waals surface area contributed by atoms with E-state index in [0.29, 0.717) is 6.42 Å². The number of hydrogen-bond donors (Lipinski definition) is 1. The monoisotopic (exact) mass is 303 g/mol. The fraction of sp³-hybridized carbons (Fsp3) is 0.385. The van der Waals surface area contributed by atoms with E-state index in [2.05, 4.69) is 4.74 Å². The number of amides is 1. The molecule has 21 heavy (non-hydrogen) atoms. The molecule has 8 heteroatoms. The normalized spacial score (nSPS) is 18.6. The molecular weight excluding hydrogens is 291 g/mol. The molecule has 2 rings (SSSR count). The van der Waals surface area contributed by atoms with E-state index in [1.54, 1.807) is 0 Å². The van der Waals surface area contributed by atoms with E-state index in [9.17, 15) is 22.8 Å². The Morgan fingerprint density at radius 1 is 1.33 bits per heavy atom. The van der Waals surface area contributed by atoms with Crippen LogP contribution in [-0.2, 0) is 4.79 Å². The molecule has 5 nitrogen and oxygen atoms in total. The molecule has 0 bridgehead atoms. The third-order valence-electron chi connectivity index (χ3n) is 3.14. The Morgan fingerprint density at radius 2 is 2.05 bits per heavy atom. The molecule has 1 amide bonds. The third-order valence-corrected chi connectivity index (χ3v) is 3.14. The van der Waals surface area contributed by atoms with Crippen molar-refractivity contribution in [1.82, 2.24) is 4.90 Å². The summed E-state index contributed by atoms with van der Waals surface area (Å²) in [5.41, 5.74) is 0.0304. The maximum absolute atomic E-state index is 12.1. The van der Waals surface area contributed by atoms with Gasteiger partial charge >= 0.3 is 12.3 Å². The highest BCUT2D eigenvalue weighted by Crippen LogP contribution is 2.25. The molecule has 1 aliphatic rings. The summed E-state index contributed by atoms with van der Waals surface area (Å²) in [4.78, 5) is 24.3. The molecule has 1 atom stereocenters. The minimum absolute atomic E-state index is 0.0304. The molecule has 1 aromatic carbocycles. The second-order valence-corrected chi connectivity index (χ2v) is 4.65. The molecule has 0 aromatic heterocycles. The molecule has 0 spiro atoms. The number of ether oxygens (including phenoxy) is 1. The lowest BCUT2D eigenvalue weighted by atomic mass is 10.1. The molecule has 114 valence electrons. The van der Waals surface area contributed by atoms with Crippen LogP contribution in [0, 0.1) is 5.92 Å². The first-order valence-corrected chi connectivity index (χ1v) is 6.14. The van der Waals surface area contributed by atoms with Crippen molar-refractivity contribution in [1.29, 1.82) is 0 Å². The first-order chi connectivity index (χ1) is 9.76. The van der Waals surface area contributed by atoms with Crippen molar-refractivity contribution in [3.05, 3.63) is 29.8 Å². The molecule has 1 fully saturated rings. The van der Waals surface area contributed by atoms with E-state index >= 15 is 0 Å². The van der Waals surface area contributed by atoms with E-state index in [1.165, 1.54) is 17.0 Å². The Bertz CT molecular complexity index is 559. The molecule has 0 aliphatic carbocycles. The Balaban J connectivity index is 2.10. The lowest BCUT2D eigenvalue weighted by molar-refractivity contribution is -0.274. The number of aliphatic carboxylic acids is 1. The second-order valence-electron chi connectivity index (χ2n) is 4.65. The minimum Gasteiger partial charge on any atom is -0.481 e. The van der Waals surface area contributed by atoms with Crippen LogP contribution >= 0.6 is 0 Å². The summed E-state index contributed by atoms with van der Waals surface area (Å²) in [6.07, 6.45) is -4.50. The number of nitrogens with zero attached hydrogens (tertiary/aromatic N) is 1. The van der Waals surface area contributed by atoms with Gasteiger partial charge in [-0.25, -0.2) is 0 Å². The van der Waals surface area contributed by atoms with Gasteiger partial charge in [0.25, 0.3) is 5.91 Å². The summed E-state index contributed by atoms with van der Waals surface area (Å²) in [6.45, 7) is 0.318. The number of carbonyl (C=O) groups excluding carboxylic acids is 1. The van der Waals surface area contributed by atoms with Gasteiger partial charge < -0.3 is 14.7 Å². The summed E-state index contributed by atoms with van der Waals surface area (Å²) < 4.78 is 40.1. The lowest BCUT2D eigenvalue weighted by Gasteiger charge is -2.16. The first-order valence-electron chi connectivity index (χ1n) is 6.14. The summed E-state index contributed by atoms with van der Waals surface area (Å²) in [5.74, 6) is -2.61. The molecule has 0 saturated carbocycles. The highest BCUT2D eigenvalue weighted by molar-refractivity contribution is 5.95. The zero-order chi connectivity index (χ0) is 15.6. The summed E-state index contributed by atoms with van der Waals surface area (Å²) in [7, 11) is 0. The van der Waals surface area contributed by atoms with Gasteiger partial charge in [0.1, 0.15) is 5.75 Å². The van der Waals surface area contributed by atoms with Crippen LogP contribution in [-0.4, -0.2) is 41.3 Å². The molecule has 0 radical (unpaired) electrons. The number of carboxylic acids is 1. The summed E-state index contributed by atoms with van der Waals surface area (Å²) in [6, 6.07) is 4.72. The van der Waals surface area contributed by atoms with E-state index in [-0.39, 0.29) is 18.7 Å². The van der Waals surface area contributed by atoms with Crippen molar-refractivity contribution >= 4 is 11.9 Å². The number of hydrogen-bond acceptors (Lipinski definition) is 3. The minimum atomic E-state index is -4.83. The molecule has 1 N–H and O–H groups in total. The van der Waals surface area contributed by atoms with Crippen LogP contribution in [0.2, 0.25) is 0 Å². The fourth-order valence-electron chi connectivity index (χ4n) is 2.16. The van der Waals surface area contributed by atoms with Crippen LogP contribution in [0.3, 0.4) is 0 Å². The third kappa shape index (κ3) is 3.87. The van der Waals surface area contributed by atoms with Gasteiger partial charge in [0.05, 0.1) is 5.92 Å². The van der Waals surface area contributed by atoms with Crippen molar-refractivity contribution < 1.29 is 32.6 Å². The van der Waals surface area contributed by atoms with Crippen molar-refractivity contribution in [2.24, 2.45) is 5.92 Å². The van der Waals surface area contributed by atoms with Crippen LogP contribution in [0.25, 0.3) is 0 Å². The van der Waals surface area contributed by atoms with Crippen LogP contribution in [0.1, 0.15) is 16.8 Å². The highest BCUT2D eigenvalue weighted by Gasteiger charge is 2.33. The highest BCUT2D eigenvalue weighted by atomic mass is 19.4. The summed E-state index contributed by atoms with van der Waals surface area (Å²) in [5, 5.41) is 8.87. The maximum Gasteiger partial charge on any atom is 0.573 e. The molecular formula is C13H12F3NO4. The fourth-order valence-corrected chi connectivity index (χ4v) is 2.16. The number of rotatable bonds is 3. The summed E-state index contributed by atoms with van der Waals surface area (Å²) >= 11 is 0. The first kappa shape index (κ1) is 15.1. The molecule has 1 heterocycles. The molecule has 1 unspecified atom stereocenters. The van der Waals surface area contributed by atoms with Gasteiger partial charge in [-0.2, -0.15) is 0 Å². The van der Waals surface area contributed by atoms with Gasteiger partial charge in [-0.3, -0.25) is 9.59 Å². The van der Waals surface area contributed by atoms with Gasteiger partial charge in [0, 0.05) is 18.7 Å². The number of halogens is 3. The molecule has 1 saturated heterocycles. The topological polar surface area (TPSA) is 66.8 Å². The maximum atomic E-state index is 12.1. The van der Waals surface area contributed by atoms with Crippen molar-refractivity contribution in [2.75, 3.05) is 13.1 Å². The Hall–Kier alpha value is -2.25. The van der Waals surface area contributed by atoms with Gasteiger partial charge in [-0.05, 0) is 24.6 Å². The van der Waals surface area contributed by atoms with Crippen molar-refractivity contribution in [3.8, 4) is 5.75 Å². The zero-order valence-corrected chi connectivity index (χ0v) is 10.8. The molecule has 1 aliphatic heterocycles. The average molecular weight is 303 g/mol. The number of benzene rings is 1. The van der Waals surface area contributed by atoms with Gasteiger partial charge in [0.15, 0.2) is 0 Å².